The Morgan fingerprint density at radius 1 is 1.50 bits per heavy atom. The highest BCUT2D eigenvalue weighted by Gasteiger charge is 2.43. The van der Waals surface area contributed by atoms with Gasteiger partial charge in [0.15, 0.2) is 0 Å². The van der Waals surface area contributed by atoms with Gasteiger partial charge in [-0.1, -0.05) is 13.8 Å². The van der Waals surface area contributed by atoms with Gasteiger partial charge in [-0.3, -0.25) is 0 Å². The fraction of sp³-hybridized carbons (Fsp3) is 0.786. The summed E-state index contributed by atoms with van der Waals surface area (Å²) in [6.45, 7) is 7.16. The molecule has 0 amide bonds. The topological polar surface area (TPSA) is 34.2 Å². The number of nitrogens with zero attached hydrogens (tertiary/aromatic N) is 1. The first-order chi connectivity index (χ1) is 8.76. The van der Waals surface area contributed by atoms with Crippen LogP contribution < -0.4 is 5.32 Å². The number of thiazole rings is 1. The number of aromatic nitrogens is 1. The van der Waals surface area contributed by atoms with E-state index >= 15 is 0 Å². The largest absolute Gasteiger partial charge is 0.381 e. The summed E-state index contributed by atoms with van der Waals surface area (Å²) >= 11 is 1.94. The molecule has 1 N–H and O–H groups in total. The van der Waals surface area contributed by atoms with Gasteiger partial charge in [-0.05, 0) is 32.2 Å². The normalized spacial score (nSPS) is 31.6. The monoisotopic (exact) mass is 266 g/mol. The average molecular weight is 266 g/mol. The van der Waals surface area contributed by atoms with Crippen molar-refractivity contribution in [1.29, 1.82) is 0 Å². The fourth-order valence-corrected chi connectivity index (χ4v) is 4.69. The molecule has 18 heavy (non-hydrogen) atoms. The molecule has 1 fully saturated rings. The minimum absolute atomic E-state index is 0.0575. The molecule has 1 aromatic heterocycles. The van der Waals surface area contributed by atoms with Gasteiger partial charge in [0.2, 0.25) is 0 Å². The van der Waals surface area contributed by atoms with Crippen LogP contribution in [0.3, 0.4) is 0 Å². The van der Waals surface area contributed by atoms with E-state index in [0.717, 1.165) is 26.2 Å². The van der Waals surface area contributed by atoms with Crippen LogP contribution in [0.25, 0.3) is 0 Å². The Hall–Kier alpha value is -0.450. The van der Waals surface area contributed by atoms with Crippen molar-refractivity contribution in [1.82, 2.24) is 10.3 Å². The number of rotatable bonds is 3. The van der Waals surface area contributed by atoms with E-state index in [2.05, 4.69) is 19.2 Å². The molecule has 0 saturated carbocycles. The molecule has 100 valence electrons. The molecule has 4 heteroatoms. The summed E-state index contributed by atoms with van der Waals surface area (Å²) in [4.78, 5) is 6.48. The molecule has 2 heterocycles. The molecule has 1 aromatic rings. The van der Waals surface area contributed by atoms with Gasteiger partial charge in [-0.25, -0.2) is 4.98 Å². The first kappa shape index (κ1) is 12.6. The van der Waals surface area contributed by atoms with Crippen molar-refractivity contribution in [3.63, 3.8) is 0 Å². The number of ether oxygens (including phenoxy) is 1. The minimum Gasteiger partial charge on any atom is -0.381 e. The minimum atomic E-state index is 0.0575. The molecule has 1 aliphatic carbocycles. The number of hydrogen-bond acceptors (Lipinski definition) is 4. The molecule has 2 aliphatic rings. The van der Waals surface area contributed by atoms with Gasteiger partial charge in [0.25, 0.3) is 0 Å². The van der Waals surface area contributed by atoms with Gasteiger partial charge < -0.3 is 10.1 Å². The Balaban J connectivity index is 1.96. The molecule has 0 bridgehead atoms. The summed E-state index contributed by atoms with van der Waals surface area (Å²) in [5, 5.41) is 5.03. The second-order valence-electron chi connectivity index (χ2n) is 5.47. The van der Waals surface area contributed by atoms with Crippen LogP contribution in [0.15, 0.2) is 0 Å². The lowest BCUT2D eigenvalue weighted by atomic mass is 9.81. The van der Waals surface area contributed by atoms with E-state index in [9.17, 15) is 0 Å². The smallest absolute Gasteiger partial charge is 0.114 e. The summed E-state index contributed by atoms with van der Waals surface area (Å²) in [7, 11) is 0. The number of aryl methyl sites for hydroxylation is 2. The molecule has 1 saturated heterocycles. The quantitative estimate of drug-likeness (QED) is 0.912. The summed E-state index contributed by atoms with van der Waals surface area (Å²) in [5.41, 5.74) is 1.42. The van der Waals surface area contributed by atoms with Crippen LogP contribution in [0.5, 0.6) is 0 Å². The van der Waals surface area contributed by atoms with E-state index in [4.69, 9.17) is 9.72 Å². The average Bonchev–Trinajstić information content (AvgIpc) is 2.93. The van der Waals surface area contributed by atoms with Crippen LogP contribution in [-0.4, -0.2) is 24.7 Å². The Morgan fingerprint density at radius 3 is 3.11 bits per heavy atom. The lowest BCUT2D eigenvalue weighted by Gasteiger charge is -2.41. The van der Waals surface area contributed by atoms with E-state index in [1.165, 1.54) is 34.8 Å². The van der Waals surface area contributed by atoms with Crippen LogP contribution in [0.2, 0.25) is 0 Å². The highest BCUT2D eigenvalue weighted by atomic mass is 32.1. The maximum absolute atomic E-state index is 5.62. The SMILES string of the molecule is CCNC1(c2nc3c(s2)CCC3)CCOCC1C. The first-order valence-electron chi connectivity index (χ1n) is 7.08. The molecule has 3 rings (SSSR count). The third-order valence-electron chi connectivity index (χ3n) is 4.32. The van der Waals surface area contributed by atoms with Gasteiger partial charge in [0.05, 0.1) is 17.8 Å². The zero-order valence-electron chi connectivity index (χ0n) is 11.3. The lowest BCUT2D eigenvalue weighted by molar-refractivity contribution is -0.00852. The highest BCUT2D eigenvalue weighted by Crippen LogP contribution is 2.41. The molecule has 2 atom stereocenters. The summed E-state index contributed by atoms with van der Waals surface area (Å²) in [6.07, 6.45) is 4.76. The number of hydrogen-bond donors (Lipinski definition) is 1. The van der Waals surface area contributed by atoms with Crippen molar-refractivity contribution in [2.45, 2.75) is 45.1 Å². The Bertz CT molecular complexity index is 406. The van der Waals surface area contributed by atoms with Crippen molar-refractivity contribution in [2.24, 2.45) is 5.92 Å². The summed E-state index contributed by atoms with van der Waals surface area (Å²) < 4.78 is 5.62. The van der Waals surface area contributed by atoms with Gasteiger partial charge in [-0.15, -0.1) is 11.3 Å². The Labute approximate surface area is 113 Å². The number of nitrogens with one attached hydrogen (secondary N) is 1. The Morgan fingerprint density at radius 2 is 2.39 bits per heavy atom. The molecule has 0 spiro atoms. The van der Waals surface area contributed by atoms with Crippen molar-refractivity contribution in [3.05, 3.63) is 15.6 Å². The maximum atomic E-state index is 5.62. The van der Waals surface area contributed by atoms with Crippen LogP contribution in [0, 0.1) is 5.92 Å². The van der Waals surface area contributed by atoms with Crippen molar-refractivity contribution in [2.75, 3.05) is 19.8 Å². The van der Waals surface area contributed by atoms with Gasteiger partial charge in [0.1, 0.15) is 5.01 Å². The number of fused-ring (bicyclic) bond motifs is 1. The van der Waals surface area contributed by atoms with Crippen LogP contribution in [0.4, 0.5) is 0 Å². The summed E-state index contributed by atoms with van der Waals surface area (Å²) in [6, 6.07) is 0. The molecule has 1 aliphatic heterocycles. The first-order valence-corrected chi connectivity index (χ1v) is 7.89. The van der Waals surface area contributed by atoms with Crippen LogP contribution in [-0.2, 0) is 23.1 Å². The second-order valence-corrected chi connectivity index (χ2v) is 6.55. The van der Waals surface area contributed by atoms with E-state index in [0.29, 0.717) is 5.92 Å². The van der Waals surface area contributed by atoms with Crippen LogP contribution in [0.1, 0.15) is 42.3 Å². The fourth-order valence-electron chi connectivity index (χ4n) is 3.23. The van der Waals surface area contributed by atoms with Gasteiger partial charge >= 0.3 is 0 Å². The zero-order valence-corrected chi connectivity index (χ0v) is 12.1. The van der Waals surface area contributed by atoms with E-state index in [-0.39, 0.29) is 5.54 Å². The third kappa shape index (κ3) is 1.91. The standard InChI is InChI=1S/C14H22N2OS/c1-3-15-14(7-8-17-9-10(14)2)13-16-11-5-4-6-12(11)18-13/h10,15H,3-9H2,1-2H3. The lowest BCUT2D eigenvalue weighted by Crippen LogP contribution is -2.52. The molecule has 0 radical (unpaired) electrons. The van der Waals surface area contributed by atoms with Crippen molar-refractivity contribution >= 4 is 11.3 Å². The molecular formula is C14H22N2OS. The van der Waals surface area contributed by atoms with E-state index in [1.807, 2.05) is 11.3 Å². The van der Waals surface area contributed by atoms with Crippen molar-refractivity contribution in [3.8, 4) is 0 Å². The third-order valence-corrected chi connectivity index (χ3v) is 5.65. The summed E-state index contributed by atoms with van der Waals surface area (Å²) in [5.74, 6) is 0.498. The molecule has 2 unspecified atom stereocenters. The van der Waals surface area contributed by atoms with Gasteiger partial charge in [-0.2, -0.15) is 0 Å². The predicted molar refractivity (Wildman–Crippen MR) is 74.1 cm³/mol. The Kier molecular flexibility index (Phi) is 3.43. The molecular weight excluding hydrogens is 244 g/mol. The van der Waals surface area contributed by atoms with Gasteiger partial charge in [0, 0.05) is 17.4 Å². The highest BCUT2D eigenvalue weighted by molar-refractivity contribution is 7.12. The zero-order chi connectivity index (χ0) is 12.6. The molecule has 3 nitrogen and oxygen atoms in total. The maximum Gasteiger partial charge on any atom is 0.114 e. The van der Waals surface area contributed by atoms with E-state index < -0.39 is 0 Å². The van der Waals surface area contributed by atoms with Crippen molar-refractivity contribution < 1.29 is 4.74 Å². The molecule has 0 aromatic carbocycles. The van der Waals surface area contributed by atoms with Crippen LogP contribution >= 0.6 is 11.3 Å². The van der Waals surface area contributed by atoms with E-state index in [1.54, 1.807) is 0 Å². The second kappa shape index (κ2) is 4.91. The predicted octanol–water partition coefficient (Wildman–Crippen LogP) is 2.49.